The van der Waals surface area contributed by atoms with Crippen molar-refractivity contribution in [3.05, 3.63) is 54.0 Å². The zero-order valence-corrected chi connectivity index (χ0v) is 18.9. The Morgan fingerprint density at radius 1 is 1.25 bits per heavy atom. The van der Waals surface area contributed by atoms with Crippen LogP contribution in [-0.4, -0.2) is 63.0 Å². The standard InChI is InChI=1S/C24H27ClN6O/c1-29(18-8-9-18)11-2-3-21(32)30-12-10-19(13-30)31-14-20(16-4-6-17(25)7-5-16)22-23(26)27-15-28-24(22)31/h2-7,14-15,18-19H,8-13H2,1H3,(H2,26,27,28). The highest BCUT2D eigenvalue weighted by Crippen LogP contribution is 2.36. The molecule has 2 N–H and O–H groups in total. The van der Waals surface area contributed by atoms with Crippen molar-refractivity contribution in [2.45, 2.75) is 31.3 Å². The molecular formula is C24H27ClN6O. The van der Waals surface area contributed by atoms with Gasteiger partial charge < -0.3 is 15.2 Å². The van der Waals surface area contributed by atoms with Crippen LogP contribution in [0.15, 0.2) is 48.9 Å². The summed E-state index contributed by atoms with van der Waals surface area (Å²) in [6.45, 7) is 2.19. The highest BCUT2D eigenvalue weighted by molar-refractivity contribution is 6.30. The molecule has 2 aromatic heterocycles. The van der Waals surface area contributed by atoms with Crippen molar-refractivity contribution in [1.82, 2.24) is 24.3 Å². The number of nitrogen functional groups attached to an aromatic ring is 1. The van der Waals surface area contributed by atoms with E-state index in [9.17, 15) is 4.79 Å². The summed E-state index contributed by atoms with van der Waals surface area (Å²) in [6, 6.07) is 8.51. The van der Waals surface area contributed by atoms with E-state index in [4.69, 9.17) is 17.3 Å². The zero-order valence-electron chi connectivity index (χ0n) is 18.1. The van der Waals surface area contributed by atoms with Gasteiger partial charge in [-0.3, -0.25) is 9.69 Å². The van der Waals surface area contributed by atoms with Gasteiger partial charge in [-0.05, 0) is 44.0 Å². The van der Waals surface area contributed by atoms with Crippen LogP contribution < -0.4 is 5.73 Å². The fourth-order valence-corrected chi connectivity index (χ4v) is 4.62. The molecule has 7 nitrogen and oxygen atoms in total. The Hall–Kier alpha value is -2.90. The van der Waals surface area contributed by atoms with Crippen molar-refractivity contribution >= 4 is 34.4 Å². The molecule has 0 bridgehead atoms. The summed E-state index contributed by atoms with van der Waals surface area (Å²) in [6.07, 6.45) is 10.7. The number of nitrogens with zero attached hydrogens (tertiary/aromatic N) is 5. The summed E-state index contributed by atoms with van der Waals surface area (Å²) < 4.78 is 2.15. The lowest BCUT2D eigenvalue weighted by Crippen LogP contribution is -2.28. The molecule has 1 aliphatic carbocycles. The number of benzene rings is 1. The summed E-state index contributed by atoms with van der Waals surface area (Å²) in [5, 5.41) is 1.52. The molecule has 2 aliphatic rings. The van der Waals surface area contributed by atoms with Crippen LogP contribution >= 0.6 is 11.6 Å². The first-order valence-corrected chi connectivity index (χ1v) is 11.4. The molecule has 1 unspecified atom stereocenters. The number of hydrogen-bond acceptors (Lipinski definition) is 5. The van der Waals surface area contributed by atoms with Gasteiger partial charge >= 0.3 is 0 Å². The Balaban J connectivity index is 1.37. The van der Waals surface area contributed by atoms with Crippen molar-refractivity contribution < 1.29 is 4.79 Å². The Kier molecular flexibility index (Phi) is 5.61. The first-order chi connectivity index (χ1) is 15.5. The van der Waals surface area contributed by atoms with Crippen molar-refractivity contribution in [1.29, 1.82) is 0 Å². The number of carbonyl (C=O) groups excluding carboxylic acids is 1. The lowest BCUT2D eigenvalue weighted by atomic mass is 10.1. The smallest absolute Gasteiger partial charge is 0.246 e. The van der Waals surface area contributed by atoms with Crippen LogP contribution in [0.2, 0.25) is 5.02 Å². The van der Waals surface area contributed by atoms with E-state index in [-0.39, 0.29) is 11.9 Å². The van der Waals surface area contributed by atoms with Crippen LogP contribution in [0, 0.1) is 0 Å². The molecule has 1 aliphatic heterocycles. The summed E-state index contributed by atoms with van der Waals surface area (Å²) in [5.74, 6) is 0.521. The van der Waals surface area contributed by atoms with Gasteiger partial charge in [-0.1, -0.05) is 29.8 Å². The van der Waals surface area contributed by atoms with Crippen LogP contribution in [0.1, 0.15) is 25.3 Å². The zero-order chi connectivity index (χ0) is 22.2. The van der Waals surface area contributed by atoms with Gasteiger partial charge in [0.1, 0.15) is 17.8 Å². The van der Waals surface area contributed by atoms with Gasteiger partial charge in [-0.2, -0.15) is 0 Å². The first kappa shape index (κ1) is 21.0. The average Bonchev–Trinajstić information content (AvgIpc) is 3.39. The molecule has 3 heterocycles. The van der Waals surface area contributed by atoms with E-state index in [1.54, 1.807) is 6.08 Å². The van der Waals surface area contributed by atoms with Gasteiger partial charge in [0.15, 0.2) is 0 Å². The fraction of sp³-hybridized carbons (Fsp3) is 0.375. The quantitative estimate of drug-likeness (QED) is 0.578. The third-order valence-electron chi connectivity index (χ3n) is 6.49. The molecule has 0 radical (unpaired) electrons. The SMILES string of the molecule is CN(CC=CC(=O)N1CCC(n2cc(-c3ccc(Cl)cc3)c3c(N)ncnc32)C1)C1CC1. The number of halogens is 1. The average molecular weight is 451 g/mol. The van der Waals surface area contributed by atoms with Crippen molar-refractivity contribution in [3.63, 3.8) is 0 Å². The van der Waals surface area contributed by atoms with Gasteiger partial charge in [0.05, 0.1) is 11.4 Å². The molecule has 1 saturated heterocycles. The van der Waals surface area contributed by atoms with Crippen LogP contribution in [0.25, 0.3) is 22.2 Å². The topological polar surface area (TPSA) is 80.3 Å². The molecule has 1 atom stereocenters. The number of nitrogens with two attached hydrogens (primary N) is 1. The van der Waals surface area contributed by atoms with Crippen LogP contribution in [-0.2, 0) is 4.79 Å². The Morgan fingerprint density at radius 3 is 2.78 bits per heavy atom. The van der Waals surface area contributed by atoms with E-state index < -0.39 is 0 Å². The number of likely N-dealkylation sites (tertiary alicyclic amines) is 1. The van der Waals surface area contributed by atoms with Crippen molar-refractivity contribution in [2.24, 2.45) is 0 Å². The van der Waals surface area contributed by atoms with Gasteiger partial charge in [0.2, 0.25) is 5.91 Å². The number of amides is 1. The summed E-state index contributed by atoms with van der Waals surface area (Å²) >= 11 is 6.07. The van der Waals surface area contributed by atoms with Crippen LogP contribution in [0.5, 0.6) is 0 Å². The highest BCUT2D eigenvalue weighted by atomic mass is 35.5. The van der Waals surface area contributed by atoms with E-state index in [0.717, 1.165) is 41.7 Å². The fourth-order valence-electron chi connectivity index (χ4n) is 4.49. The van der Waals surface area contributed by atoms with Crippen molar-refractivity contribution in [2.75, 3.05) is 32.4 Å². The minimum absolute atomic E-state index is 0.0697. The molecule has 1 aromatic carbocycles. The van der Waals surface area contributed by atoms with Crippen LogP contribution in [0.3, 0.4) is 0 Å². The van der Waals surface area contributed by atoms with Gasteiger partial charge in [-0.15, -0.1) is 0 Å². The Bertz CT molecular complexity index is 1170. The number of aromatic nitrogens is 3. The van der Waals surface area contributed by atoms with E-state index in [2.05, 4.69) is 32.7 Å². The van der Waals surface area contributed by atoms with Gasteiger partial charge in [0.25, 0.3) is 0 Å². The molecule has 2 fully saturated rings. The molecule has 5 rings (SSSR count). The van der Waals surface area contributed by atoms with Crippen LogP contribution in [0.4, 0.5) is 5.82 Å². The number of hydrogen-bond donors (Lipinski definition) is 1. The number of likely N-dealkylation sites (N-methyl/N-ethyl adjacent to an activating group) is 1. The summed E-state index contributed by atoms with van der Waals surface area (Å²) in [7, 11) is 2.11. The summed E-state index contributed by atoms with van der Waals surface area (Å²) in [5.41, 5.74) is 9.03. The lowest BCUT2D eigenvalue weighted by Gasteiger charge is -2.16. The first-order valence-electron chi connectivity index (χ1n) is 11.0. The molecule has 8 heteroatoms. The van der Waals surface area contributed by atoms with E-state index >= 15 is 0 Å². The maximum atomic E-state index is 12.7. The van der Waals surface area contributed by atoms with E-state index in [1.807, 2.05) is 35.2 Å². The molecule has 0 spiro atoms. The maximum Gasteiger partial charge on any atom is 0.246 e. The minimum Gasteiger partial charge on any atom is -0.383 e. The summed E-state index contributed by atoms with van der Waals surface area (Å²) in [4.78, 5) is 25.7. The maximum absolute atomic E-state index is 12.7. The largest absolute Gasteiger partial charge is 0.383 e. The Labute approximate surface area is 192 Å². The lowest BCUT2D eigenvalue weighted by molar-refractivity contribution is -0.125. The molecule has 3 aromatic rings. The second-order valence-corrected chi connectivity index (χ2v) is 9.15. The van der Waals surface area contributed by atoms with Gasteiger partial charge in [0, 0.05) is 48.5 Å². The number of carbonyl (C=O) groups is 1. The molecule has 166 valence electrons. The molecule has 1 amide bonds. The normalized spacial score (nSPS) is 19.0. The predicted octanol–water partition coefficient (Wildman–Crippen LogP) is 3.76. The van der Waals surface area contributed by atoms with E-state index in [1.165, 1.54) is 19.2 Å². The Morgan fingerprint density at radius 2 is 2.03 bits per heavy atom. The number of fused-ring (bicyclic) bond motifs is 1. The molecule has 32 heavy (non-hydrogen) atoms. The molecular weight excluding hydrogens is 424 g/mol. The highest BCUT2D eigenvalue weighted by Gasteiger charge is 2.29. The monoisotopic (exact) mass is 450 g/mol. The van der Waals surface area contributed by atoms with Gasteiger partial charge in [-0.25, -0.2) is 9.97 Å². The second-order valence-electron chi connectivity index (χ2n) is 8.71. The predicted molar refractivity (Wildman–Crippen MR) is 127 cm³/mol. The number of anilines is 1. The molecule has 1 saturated carbocycles. The second kappa shape index (κ2) is 8.56. The third kappa shape index (κ3) is 4.10. The van der Waals surface area contributed by atoms with Crippen molar-refractivity contribution in [3.8, 4) is 11.1 Å². The minimum atomic E-state index is 0.0697. The van der Waals surface area contributed by atoms with E-state index in [0.29, 0.717) is 23.4 Å². The number of rotatable bonds is 6. The third-order valence-corrected chi connectivity index (χ3v) is 6.74.